The maximum Gasteiger partial charge on any atom is 0.265 e. The summed E-state index contributed by atoms with van der Waals surface area (Å²) >= 11 is 2.80. The van der Waals surface area contributed by atoms with Crippen molar-refractivity contribution in [1.29, 1.82) is 0 Å². The SMILES string of the molecule is Cc1nnsc1C(=O)NCCn1nc(C)c(-c2ccsc2)c1C. The van der Waals surface area contributed by atoms with Crippen LogP contribution in [0.1, 0.15) is 26.8 Å². The van der Waals surface area contributed by atoms with Gasteiger partial charge < -0.3 is 5.32 Å². The van der Waals surface area contributed by atoms with Gasteiger partial charge in [-0.15, -0.1) is 5.10 Å². The largest absolute Gasteiger partial charge is 0.349 e. The van der Waals surface area contributed by atoms with Crippen LogP contribution in [0.4, 0.5) is 0 Å². The van der Waals surface area contributed by atoms with Crippen LogP contribution in [0.15, 0.2) is 16.8 Å². The molecular formula is C15H17N5OS2. The lowest BCUT2D eigenvalue weighted by molar-refractivity contribution is 0.0955. The molecule has 1 amide bonds. The molecule has 0 bridgehead atoms. The Kier molecular flexibility index (Phi) is 4.53. The highest BCUT2D eigenvalue weighted by atomic mass is 32.1. The highest BCUT2D eigenvalue weighted by Crippen LogP contribution is 2.28. The Morgan fingerprint density at radius 3 is 2.78 bits per heavy atom. The van der Waals surface area contributed by atoms with Crippen molar-refractivity contribution >= 4 is 28.8 Å². The predicted molar refractivity (Wildman–Crippen MR) is 92.0 cm³/mol. The second-order valence-electron chi connectivity index (χ2n) is 5.22. The summed E-state index contributed by atoms with van der Waals surface area (Å²) in [6.45, 7) is 7.01. The molecule has 3 heterocycles. The molecule has 8 heteroatoms. The van der Waals surface area contributed by atoms with E-state index >= 15 is 0 Å². The number of nitrogens with zero attached hydrogens (tertiary/aromatic N) is 4. The van der Waals surface area contributed by atoms with Crippen LogP contribution < -0.4 is 5.32 Å². The predicted octanol–water partition coefficient (Wildman–Crippen LogP) is 2.82. The Morgan fingerprint density at radius 2 is 2.13 bits per heavy atom. The fourth-order valence-electron chi connectivity index (χ4n) is 2.53. The Balaban J connectivity index is 1.67. The third kappa shape index (κ3) is 3.18. The number of hydrogen-bond acceptors (Lipinski definition) is 6. The van der Waals surface area contributed by atoms with E-state index in [-0.39, 0.29) is 5.91 Å². The van der Waals surface area contributed by atoms with Gasteiger partial charge in [-0.3, -0.25) is 9.48 Å². The molecule has 0 spiro atoms. The van der Waals surface area contributed by atoms with Crippen LogP contribution in [0, 0.1) is 20.8 Å². The average Bonchev–Trinajstić information content (AvgIpc) is 3.22. The van der Waals surface area contributed by atoms with Crippen molar-refractivity contribution in [2.75, 3.05) is 6.54 Å². The highest BCUT2D eigenvalue weighted by molar-refractivity contribution is 7.08. The minimum Gasteiger partial charge on any atom is -0.349 e. The third-order valence-corrected chi connectivity index (χ3v) is 5.17. The molecule has 0 aromatic carbocycles. The molecule has 23 heavy (non-hydrogen) atoms. The van der Waals surface area contributed by atoms with Crippen LogP contribution in [-0.4, -0.2) is 31.8 Å². The zero-order valence-corrected chi connectivity index (χ0v) is 14.8. The van der Waals surface area contributed by atoms with Crippen LogP contribution in [-0.2, 0) is 6.54 Å². The number of aryl methyl sites for hydroxylation is 2. The molecule has 0 aliphatic heterocycles. The molecule has 3 rings (SSSR count). The first-order valence-corrected chi connectivity index (χ1v) is 8.93. The van der Waals surface area contributed by atoms with E-state index in [1.54, 1.807) is 18.3 Å². The van der Waals surface area contributed by atoms with Crippen molar-refractivity contribution in [2.24, 2.45) is 0 Å². The van der Waals surface area contributed by atoms with Crippen LogP contribution in [0.25, 0.3) is 11.1 Å². The van der Waals surface area contributed by atoms with Gasteiger partial charge in [-0.05, 0) is 54.7 Å². The van der Waals surface area contributed by atoms with E-state index in [1.165, 1.54) is 11.1 Å². The maximum absolute atomic E-state index is 12.1. The van der Waals surface area contributed by atoms with Gasteiger partial charge in [-0.2, -0.15) is 16.4 Å². The van der Waals surface area contributed by atoms with Crippen molar-refractivity contribution in [2.45, 2.75) is 27.3 Å². The maximum atomic E-state index is 12.1. The topological polar surface area (TPSA) is 72.7 Å². The van der Waals surface area contributed by atoms with Crippen molar-refractivity contribution in [3.8, 4) is 11.1 Å². The highest BCUT2D eigenvalue weighted by Gasteiger charge is 2.15. The Labute approximate surface area is 142 Å². The van der Waals surface area contributed by atoms with Crippen molar-refractivity contribution in [1.82, 2.24) is 24.7 Å². The van der Waals surface area contributed by atoms with E-state index < -0.39 is 0 Å². The molecule has 6 nitrogen and oxygen atoms in total. The van der Waals surface area contributed by atoms with Crippen LogP contribution in [0.2, 0.25) is 0 Å². The van der Waals surface area contributed by atoms with Crippen LogP contribution in [0.3, 0.4) is 0 Å². The molecule has 0 fully saturated rings. The van der Waals surface area contributed by atoms with Gasteiger partial charge in [0, 0.05) is 17.8 Å². The minimum atomic E-state index is -0.128. The monoisotopic (exact) mass is 347 g/mol. The molecule has 0 atom stereocenters. The molecule has 0 unspecified atom stereocenters. The summed E-state index contributed by atoms with van der Waals surface area (Å²) in [5.74, 6) is -0.128. The molecule has 0 radical (unpaired) electrons. The molecule has 0 aliphatic rings. The van der Waals surface area contributed by atoms with E-state index in [4.69, 9.17) is 0 Å². The Bertz CT molecular complexity index is 819. The van der Waals surface area contributed by atoms with E-state index in [0.717, 1.165) is 22.9 Å². The molecule has 0 saturated heterocycles. The van der Waals surface area contributed by atoms with Gasteiger partial charge in [0.25, 0.3) is 5.91 Å². The van der Waals surface area contributed by atoms with Gasteiger partial charge in [0.2, 0.25) is 0 Å². The quantitative estimate of drug-likeness (QED) is 0.770. The Hall–Kier alpha value is -2.06. The van der Waals surface area contributed by atoms with Gasteiger partial charge in [0.15, 0.2) is 0 Å². The summed E-state index contributed by atoms with van der Waals surface area (Å²) < 4.78 is 5.73. The molecule has 0 aliphatic carbocycles. The summed E-state index contributed by atoms with van der Waals surface area (Å²) in [4.78, 5) is 12.6. The number of nitrogens with one attached hydrogen (secondary N) is 1. The van der Waals surface area contributed by atoms with E-state index in [2.05, 4.69) is 43.8 Å². The van der Waals surface area contributed by atoms with Gasteiger partial charge in [-0.1, -0.05) is 4.49 Å². The number of aromatic nitrogens is 4. The van der Waals surface area contributed by atoms with Gasteiger partial charge in [0.1, 0.15) is 4.88 Å². The number of hydrogen-bond donors (Lipinski definition) is 1. The third-order valence-electron chi connectivity index (χ3n) is 3.66. The molecule has 1 N–H and O–H groups in total. The smallest absolute Gasteiger partial charge is 0.265 e. The molecule has 0 saturated carbocycles. The first kappa shape index (κ1) is 15.8. The van der Waals surface area contributed by atoms with Crippen LogP contribution >= 0.6 is 22.9 Å². The summed E-state index contributed by atoms with van der Waals surface area (Å²) in [6.07, 6.45) is 0. The lowest BCUT2D eigenvalue weighted by Gasteiger charge is -2.06. The second-order valence-corrected chi connectivity index (χ2v) is 6.76. The standard InChI is InChI=1S/C15H17N5OS2/c1-9-13(12-4-7-22-8-12)11(3)20(18-9)6-5-16-15(21)14-10(2)17-19-23-14/h4,7-8H,5-6H2,1-3H3,(H,16,21). The van der Waals surface area contributed by atoms with Gasteiger partial charge in [0.05, 0.1) is 17.9 Å². The first-order chi connectivity index (χ1) is 11.1. The zero-order valence-electron chi connectivity index (χ0n) is 13.2. The number of carbonyl (C=O) groups excluding carboxylic acids is 1. The molecule has 3 aromatic heterocycles. The molecular weight excluding hydrogens is 330 g/mol. The minimum absolute atomic E-state index is 0.128. The van der Waals surface area contributed by atoms with E-state index in [1.807, 2.05) is 11.6 Å². The van der Waals surface area contributed by atoms with Crippen LogP contribution in [0.5, 0.6) is 0 Å². The van der Waals surface area contributed by atoms with Crippen molar-refractivity contribution in [3.05, 3.63) is 38.8 Å². The van der Waals surface area contributed by atoms with Crippen molar-refractivity contribution < 1.29 is 4.79 Å². The lowest BCUT2D eigenvalue weighted by Crippen LogP contribution is -2.27. The Morgan fingerprint density at radius 1 is 1.30 bits per heavy atom. The zero-order chi connectivity index (χ0) is 16.4. The van der Waals surface area contributed by atoms with Gasteiger partial charge in [-0.25, -0.2) is 0 Å². The fourth-order valence-corrected chi connectivity index (χ4v) is 3.75. The van der Waals surface area contributed by atoms with Gasteiger partial charge >= 0.3 is 0 Å². The van der Waals surface area contributed by atoms with Crippen molar-refractivity contribution in [3.63, 3.8) is 0 Å². The van der Waals surface area contributed by atoms with E-state index in [0.29, 0.717) is 23.7 Å². The summed E-state index contributed by atoms with van der Waals surface area (Å²) in [7, 11) is 0. The van der Waals surface area contributed by atoms with E-state index in [9.17, 15) is 4.79 Å². The summed E-state index contributed by atoms with van der Waals surface area (Å²) in [5, 5.41) is 15.5. The summed E-state index contributed by atoms with van der Waals surface area (Å²) in [6, 6.07) is 2.10. The number of rotatable bonds is 5. The fraction of sp³-hybridized carbons (Fsp3) is 0.333. The first-order valence-electron chi connectivity index (χ1n) is 7.21. The normalized spacial score (nSPS) is 10.9. The number of carbonyl (C=O) groups is 1. The molecule has 3 aromatic rings. The lowest BCUT2D eigenvalue weighted by atomic mass is 10.1. The number of thiophene rings is 1. The average molecular weight is 347 g/mol. The second kappa shape index (κ2) is 6.59. The summed E-state index contributed by atoms with van der Waals surface area (Å²) in [5.41, 5.74) is 5.17. The molecule has 120 valence electrons. The number of amides is 1.